The van der Waals surface area contributed by atoms with E-state index in [-0.39, 0.29) is 23.4 Å². The van der Waals surface area contributed by atoms with Crippen molar-refractivity contribution in [1.29, 1.82) is 0 Å². The second-order valence-corrected chi connectivity index (χ2v) is 6.64. The van der Waals surface area contributed by atoms with Crippen LogP contribution in [0.5, 0.6) is 0 Å². The molecule has 26 heavy (non-hydrogen) atoms. The van der Waals surface area contributed by atoms with E-state index < -0.39 is 5.91 Å². The van der Waals surface area contributed by atoms with Gasteiger partial charge in [0, 0.05) is 30.2 Å². The lowest BCUT2D eigenvalue weighted by atomic mass is 9.97. The Hall–Kier alpha value is -2.67. The number of hydrogen-bond acceptors (Lipinski definition) is 4. The number of benzene rings is 1. The zero-order valence-electron chi connectivity index (χ0n) is 14.9. The third-order valence-electron chi connectivity index (χ3n) is 4.89. The van der Waals surface area contributed by atoms with E-state index in [2.05, 4.69) is 15.6 Å². The molecule has 7 nitrogen and oxygen atoms in total. The lowest BCUT2D eigenvalue weighted by Gasteiger charge is -2.32. The van der Waals surface area contributed by atoms with E-state index in [9.17, 15) is 14.4 Å². The van der Waals surface area contributed by atoms with Crippen LogP contribution in [-0.4, -0.2) is 54.9 Å². The van der Waals surface area contributed by atoms with Crippen molar-refractivity contribution in [3.63, 3.8) is 0 Å². The van der Waals surface area contributed by atoms with Gasteiger partial charge in [-0.25, -0.2) is 0 Å². The number of amides is 2. The summed E-state index contributed by atoms with van der Waals surface area (Å²) in [6.45, 7) is 2.28. The Morgan fingerprint density at radius 3 is 2.69 bits per heavy atom. The summed E-state index contributed by atoms with van der Waals surface area (Å²) in [5.74, 6) is -0.0521. The molecule has 3 rings (SSSR count). The molecule has 0 bridgehead atoms. The second kappa shape index (κ2) is 8.14. The van der Waals surface area contributed by atoms with Gasteiger partial charge in [0.25, 0.3) is 5.91 Å². The summed E-state index contributed by atoms with van der Waals surface area (Å²) in [6, 6.07) is 7.02. The summed E-state index contributed by atoms with van der Waals surface area (Å²) in [4.78, 5) is 41.8. The molecule has 0 radical (unpaired) electrons. The number of para-hydroxylation sites is 1. The molecular weight excluding hydrogens is 332 g/mol. The van der Waals surface area contributed by atoms with Crippen LogP contribution < -0.4 is 16.1 Å². The van der Waals surface area contributed by atoms with Crippen LogP contribution in [0.15, 0.2) is 35.3 Å². The van der Waals surface area contributed by atoms with Crippen LogP contribution in [0.4, 0.5) is 0 Å². The van der Waals surface area contributed by atoms with Crippen molar-refractivity contribution in [3.8, 4) is 0 Å². The first-order chi connectivity index (χ1) is 12.6. The Morgan fingerprint density at radius 2 is 1.96 bits per heavy atom. The fourth-order valence-electron chi connectivity index (χ4n) is 3.37. The monoisotopic (exact) mass is 356 g/mol. The Kier molecular flexibility index (Phi) is 5.68. The third-order valence-corrected chi connectivity index (χ3v) is 4.89. The molecule has 1 aliphatic heterocycles. The van der Waals surface area contributed by atoms with E-state index in [0.717, 1.165) is 19.4 Å². The van der Waals surface area contributed by atoms with Crippen LogP contribution in [0.25, 0.3) is 10.9 Å². The first-order valence-corrected chi connectivity index (χ1v) is 8.91. The molecule has 138 valence electrons. The molecule has 0 atom stereocenters. The number of piperidine rings is 1. The van der Waals surface area contributed by atoms with Crippen LogP contribution in [0.3, 0.4) is 0 Å². The van der Waals surface area contributed by atoms with Crippen molar-refractivity contribution >= 4 is 22.7 Å². The molecule has 2 aromatic rings. The number of H-pyrrole nitrogens is 1. The topological polar surface area (TPSA) is 94.3 Å². The second-order valence-electron chi connectivity index (χ2n) is 6.64. The normalized spacial score (nSPS) is 15.2. The number of pyridine rings is 1. The van der Waals surface area contributed by atoms with Gasteiger partial charge in [-0.2, -0.15) is 0 Å². The fraction of sp³-hybridized carbons (Fsp3) is 0.421. The first-order valence-electron chi connectivity index (χ1n) is 8.91. The van der Waals surface area contributed by atoms with Gasteiger partial charge in [0.05, 0.1) is 6.54 Å². The number of fused-ring (bicyclic) bond motifs is 1. The quantitative estimate of drug-likeness (QED) is 0.736. The lowest BCUT2D eigenvalue weighted by Crippen LogP contribution is -2.45. The van der Waals surface area contributed by atoms with Crippen LogP contribution >= 0.6 is 0 Å². The number of likely N-dealkylation sites (tertiary alicyclic amines) is 1. The number of aromatic amines is 1. The van der Waals surface area contributed by atoms with E-state index in [1.54, 1.807) is 23.1 Å². The zero-order chi connectivity index (χ0) is 18.5. The highest BCUT2D eigenvalue weighted by Gasteiger charge is 2.23. The maximum absolute atomic E-state index is 12.4. The van der Waals surface area contributed by atoms with Crippen LogP contribution in [-0.2, 0) is 4.79 Å². The van der Waals surface area contributed by atoms with Gasteiger partial charge in [0.15, 0.2) is 0 Å². The summed E-state index contributed by atoms with van der Waals surface area (Å²) in [7, 11) is 1.93. The van der Waals surface area contributed by atoms with E-state index >= 15 is 0 Å². The summed E-state index contributed by atoms with van der Waals surface area (Å²) in [5, 5.41) is 6.20. The van der Waals surface area contributed by atoms with Crippen molar-refractivity contribution in [2.24, 2.45) is 5.92 Å². The maximum atomic E-state index is 12.4. The van der Waals surface area contributed by atoms with Gasteiger partial charge < -0.3 is 20.5 Å². The van der Waals surface area contributed by atoms with Crippen LogP contribution in [0, 0.1) is 5.92 Å². The average Bonchev–Trinajstić information content (AvgIpc) is 2.67. The smallest absolute Gasteiger partial charge is 0.257 e. The molecule has 3 N–H and O–H groups in total. The number of carbonyl (C=O) groups is 2. The van der Waals surface area contributed by atoms with Gasteiger partial charge >= 0.3 is 0 Å². The van der Waals surface area contributed by atoms with E-state index in [4.69, 9.17) is 0 Å². The zero-order valence-corrected chi connectivity index (χ0v) is 14.9. The van der Waals surface area contributed by atoms with Gasteiger partial charge in [-0.3, -0.25) is 14.4 Å². The standard InChI is InChI=1S/C19H24N4O3/c1-20-10-13-6-8-23(9-7-13)17(24)12-22-19(26)15-11-21-16-5-3-2-4-14(16)18(15)25/h2-5,11,13,20H,6-10,12H2,1H3,(H,21,25)(H,22,26). The molecule has 0 aliphatic carbocycles. The number of nitrogens with zero attached hydrogens (tertiary/aromatic N) is 1. The molecule has 1 aromatic heterocycles. The molecule has 0 unspecified atom stereocenters. The van der Waals surface area contributed by atoms with Gasteiger partial charge in [-0.15, -0.1) is 0 Å². The molecule has 2 amide bonds. The number of hydrogen-bond donors (Lipinski definition) is 3. The molecule has 1 fully saturated rings. The number of rotatable bonds is 5. The molecule has 0 spiro atoms. The molecule has 1 aromatic carbocycles. The number of aromatic nitrogens is 1. The molecule has 0 saturated carbocycles. The summed E-state index contributed by atoms with van der Waals surface area (Å²) in [6.07, 6.45) is 3.32. The minimum Gasteiger partial charge on any atom is -0.360 e. The highest BCUT2D eigenvalue weighted by Crippen LogP contribution is 2.16. The largest absolute Gasteiger partial charge is 0.360 e. The average molecular weight is 356 g/mol. The van der Waals surface area contributed by atoms with Crippen molar-refractivity contribution in [1.82, 2.24) is 20.5 Å². The minimum atomic E-state index is -0.532. The summed E-state index contributed by atoms with van der Waals surface area (Å²) in [5.41, 5.74) is 0.357. The molecule has 1 saturated heterocycles. The van der Waals surface area contributed by atoms with E-state index in [0.29, 0.717) is 29.9 Å². The highest BCUT2D eigenvalue weighted by atomic mass is 16.2. The third kappa shape index (κ3) is 3.94. The maximum Gasteiger partial charge on any atom is 0.257 e. The SMILES string of the molecule is CNCC1CCN(C(=O)CNC(=O)c2c[nH]c3ccccc3c2=O)CC1. The molecule has 7 heteroatoms. The highest BCUT2D eigenvalue weighted by molar-refractivity contribution is 5.98. The number of nitrogens with one attached hydrogen (secondary N) is 3. The minimum absolute atomic E-state index is 0.0178. The fourth-order valence-corrected chi connectivity index (χ4v) is 3.37. The summed E-state index contributed by atoms with van der Waals surface area (Å²) < 4.78 is 0. The first kappa shape index (κ1) is 18.1. The van der Waals surface area contributed by atoms with Crippen molar-refractivity contribution in [3.05, 3.63) is 46.2 Å². The molecule has 2 heterocycles. The van der Waals surface area contributed by atoms with Crippen molar-refractivity contribution in [2.75, 3.05) is 33.2 Å². The predicted molar refractivity (Wildman–Crippen MR) is 100 cm³/mol. The van der Waals surface area contributed by atoms with Gasteiger partial charge in [0.1, 0.15) is 5.56 Å². The Labute approximate surface area is 151 Å². The Morgan fingerprint density at radius 1 is 1.23 bits per heavy atom. The van der Waals surface area contributed by atoms with E-state index in [1.165, 1.54) is 6.20 Å². The lowest BCUT2D eigenvalue weighted by molar-refractivity contribution is -0.131. The predicted octanol–water partition coefficient (Wildman–Crippen LogP) is 0.716. The van der Waals surface area contributed by atoms with Gasteiger partial charge in [-0.1, -0.05) is 12.1 Å². The summed E-state index contributed by atoms with van der Waals surface area (Å²) >= 11 is 0. The van der Waals surface area contributed by atoms with Gasteiger partial charge in [0.2, 0.25) is 11.3 Å². The van der Waals surface area contributed by atoms with Crippen LogP contribution in [0.1, 0.15) is 23.2 Å². The van der Waals surface area contributed by atoms with Gasteiger partial charge in [-0.05, 0) is 44.5 Å². The Bertz CT molecular complexity index is 853. The molecular formula is C19H24N4O3. The Balaban J connectivity index is 1.58. The van der Waals surface area contributed by atoms with Crippen LogP contribution in [0.2, 0.25) is 0 Å². The van der Waals surface area contributed by atoms with Crippen molar-refractivity contribution < 1.29 is 9.59 Å². The van der Waals surface area contributed by atoms with Crippen molar-refractivity contribution in [2.45, 2.75) is 12.8 Å². The number of carbonyl (C=O) groups excluding carboxylic acids is 2. The van der Waals surface area contributed by atoms with E-state index in [1.807, 2.05) is 13.1 Å². The molecule has 1 aliphatic rings.